The first-order valence-corrected chi connectivity index (χ1v) is 11.7. The second-order valence-corrected chi connectivity index (χ2v) is 10.7. The molecule has 7 atom stereocenters. The van der Waals surface area contributed by atoms with E-state index in [2.05, 4.69) is 29.6 Å². The highest BCUT2D eigenvalue weighted by Crippen LogP contribution is 2.61. The van der Waals surface area contributed by atoms with Gasteiger partial charge >= 0.3 is 0 Å². The van der Waals surface area contributed by atoms with Gasteiger partial charge in [-0.25, -0.2) is 0 Å². The van der Waals surface area contributed by atoms with Crippen molar-refractivity contribution in [1.82, 2.24) is 10.6 Å². The van der Waals surface area contributed by atoms with Crippen molar-refractivity contribution in [3.63, 3.8) is 0 Å². The lowest BCUT2D eigenvalue weighted by Crippen LogP contribution is -2.54. The van der Waals surface area contributed by atoms with Crippen molar-refractivity contribution in [1.29, 1.82) is 0 Å². The molecule has 2 saturated heterocycles. The quantitative estimate of drug-likeness (QED) is 0.609. The van der Waals surface area contributed by atoms with Gasteiger partial charge in [0.2, 0.25) is 0 Å². The summed E-state index contributed by atoms with van der Waals surface area (Å²) < 4.78 is 0. The summed E-state index contributed by atoms with van der Waals surface area (Å²) in [7, 11) is 0. The second-order valence-electron chi connectivity index (χ2n) is 10.7. The van der Waals surface area contributed by atoms with E-state index in [4.69, 9.17) is 4.84 Å². The zero-order valence-electron chi connectivity index (χ0n) is 18.5. The van der Waals surface area contributed by atoms with E-state index < -0.39 is 0 Å². The highest BCUT2D eigenvalue weighted by Gasteiger charge is 2.59. The molecule has 0 aromatic rings. The fourth-order valence-corrected chi connectivity index (χ4v) is 7.56. The Morgan fingerprint density at radius 2 is 1.83 bits per heavy atom. The van der Waals surface area contributed by atoms with Gasteiger partial charge in [-0.3, -0.25) is 4.79 Å². The Kier molecular flexibility index (Phi) is 7.49. The van der Waals surface area contributed by atoms with Crippen LogP contribution in [0.2, 0.25) is 0 Å². The van der Waals surface area contributed by atoms with Crippen molar-refractivity contribution in [2.24, 2.45) is 33.7 Å². The molecule has 5 nitrogen and oxygen atoms in total. The van der Waals surface area contributed by atoms with Crippen LogP contribution >= 0.6 is 24.8 Å². The summed E-state index contributed by atoms with van der Waals surface area (Å²) in [6, 6.07) is 0.502. The molecule has 3 saturated carbocycles. The van der Waals surface area contributed by atoms with E-state index >= 15 is 0 Å². The van der Waals surface area contributed by atoms with Crippen LogP contribution in [0.1, 0.15) is 71.6 Å². The zero-order valence-corrected chi connectivity index (χ0v) is 20.1. The minimum absolute atomic E-state index is 0. The summed E-state index contributed by atoms with van der Waals surface area (Å²) in [5, 5.41) is 11.8. The standard InChI is InChI=1S/C23H37N3O2.2ClH/c1-22-9-5-15(26-28-16-7-11-24-14-16)13-20(22)25-12-8-17-18-3-4-21(27)23(18,2)10-6-19(17)22;;/h16-20,24-25H,3-14H2,1-2H3;2*1H/b26-15+;;/t16-,17+,18+,19+,20?,22-,23+;;/m1../s1. The number of halogens is 2. The minimum Gasteiger partial charge on any atom is -0.391 e. The summed E-state index contributed by atoms with van der Waals surface area (Å²) >= 11 is 0. The number of rotatable bonds is 2. The van der Waals surface area contributed by atoms with Crippen molar-refractivity contribution in [2.75, 3.05) is 19.6 Å². The van der Waals surface area contributed by atoms with Crippen molar-refractivity contribution >= 4 is 36.3 Å². The number of carbonyl (C=O) groups excluding carboxylic acids is 1. The van der Waals surface area contributed by atoms with E-state index in [1.165, 1.54) is 25.0 Å². The van der Waals surface area contributed by atoms with E-state index in [0.717, 1.165) is 64.1 Å². The number of oxime groups is 1. The van der Waals surface area contributed by atoms with E-state index in [1.807, 2.05) is 0 Å². The molecule has 5 aliphatic rings. The van der Waals surface area contributed by atoms with Crippen LogP contribution in [-0.2, 0) is 9.63 Å². The Morgan fingerprint density at radius 3 is 2.60 bits per heavy atom. The highest BCUT2D eigenvalue weighted by molar-refractivity contribution is 5.87. The Hall–Kier alpha value is -0.360. The van der Waals surface area contributed by atoms with Crippen LogP contribution in [0.5, 0.6) is 0 Å². The predicted molar refractivity (Wildman–Crippen MR) is 125 cm³/mol. The topological polar surface area (TPSA) is 62.7 Å². The molecule has 2 N–H and O–H groups in total. The summed E-state index contributed by atoms with van der Waals surface area (Å²) in [5.41, 5.74) is 1.54. The third-order valence-corrected chi connectivity index (χ3v) is 9.40. The molecule has 0 amide bonds. The van der Waals surface area contributed by atoms with Crippen molar-refractivity contribution in [3.05, 3.63) is 0 Å². The SMILES string of the molecule is C[C@]12CC/C(=N\O[C@@H]3CCNC3)CC1NCC[C@@H]1[C@@H]2CC[C@]2(C)C(=O)CC[C@@H]12.Cl.Cl. The molecular formula is C23H39Cl2N3O2. The van der Waals surface area contributed by atoms with Gasteiger partial charge in [0.1, 0.15) is 11.9 Å². The number of ketones is 1. The summed E-state index contributed by atoms with van der Waals surface area (Å²) in [6.45, 7) is 7.87. The van der Waals surface area contributed by atoms with Crippen LogP contribution in [-0.4, -0.2) is 43.3 Å². The van der Waals surface area contributed by atoms with E-state index in [0.29, 0.717) is 29.1 Å². The van der Waals surface area contributed by atoms with Crippen LogP contribution in [0.4, 0.5) is 0 Å². The molecule has 0 aromatic carbocycles. The number of hydrogen-bond donors (Lipinski definition) is 2. The average molecular weight is 460 g/mol. The van der Waals surface area contributed by atoms with Crippen LogP contribution in [0.3, 0.4) is 0 Å². The molecule has 5 rings (SSSR count). The number of carbonyl (C=O) groups is 1. The maximum Gasteiger partial charge on any atom is 0.141 e. The normalized spacial score (nSPS) is 46.7. The molecule has 0 bridgehead atoms. The Morgan fingerprint density at radius 1 is 1.00 bits per heavy atom. The predicted octanol–water partition coefficient (Wildman–Crippen LogP) is 4.13. The Bertz CT molecular complexity index is 669. The van der Waals surface area contributed by atoms with Gasteiger partial charge in [-0.1, -0.05) is 19.0 Å². The van der Waals surface area contributed by atoms with Gasteiger partial charge < -0.3 is 15.5 Å². The summed E-state index contributed by atoms with van der Waals surface area (Å²) in [4.78, 5) is 18.5. The van der Waals surface area contributed by atoms with Crippen molar-refractivity contribution in [3.8, 4) is 0 Å². The van der Waals surface area contributed by atoms with Gasteiger partial charge in [0.15, 0.2) is 0 Å². The molecule has 30 heavy (non-hydrogen) atoms. The monoisotopic (exact) mass is 459 g/mol. The molecule has 0 spiro atoms. The first kappa shape index (κ1) is 24.3. The van der Waals surface area contributed by atoms with Crippen LogP contribution in [0, 0.1) is 28.6 Å². The molecule has 3 aliphatic carbocycles. The van der Waals surface area contributed by atoms with Crippen molar-refractivity contribution < 1.29 is 9.63 Å². The van der Waals surface area contributed by atoms with Gasteiger partial charge in [-0.2, -0.15) is 0 Å². The largest absolute Gasteiger partial charge is 0.391 e. The van der Waals surface area contributed by atoms with E-state index in [9.17, 15) is 4.79 Å². The number of nitrogens with zero attached hydrogens (tertiary/aromatic N) is 1. The summed E-state index contributed by atoms with van der Waals surface area (Å²) in [5.74, 6) is 2.63. The molecule has 1 unspecified atom stereocenters. The number of hydrogen-bond acceptors (Lipinski definition) is 5. The molecule has 172 valence electrons. The number of Topliss-reactive ketones (excluding diaryl/α,β-unsaturated/α-hetero) is 1. The van der Waals surface area contributed by atoms with Gasteiger partial charge in [-0.15, -0.1) is 24.8 Å². The first-order chi connectivity index (χ1) is 13.5. The van der Waals surface area contributed by atoms with Crippen LogP contribution < -0.4 is 10.6 Å². The third kappa shape index (κ3) is 3.93. The lowest BCUT2D eigenvalue weighted by molar-refractivity contribution is -0.131. The molecule has 2 heterocycles. The number of nitrogens with one attached hydrogen (secondary N) is 2. The fraction of sp³-hybridized carbons (Fsp3) is 0.913. The maximum atomic E-state index is 12.6. The Balaban J connectivity index is 0.00000128. The van der Waals surface area contributed by atoms with Crippen LogP contribution in [0.25, 0.3) is 0 Å². The van der Waals surface area contributed by atoms with Gasteiger partial charge in [0, 0.05) is 37.3 Å². The van der Waals surface area contributed by atoms with Gasteiger partial charge in [0.25, 0.3) is 0 Å². The minimum atomic E-state index is -0.0260. The lowest BCUT2D eigenvalue weighted by Gasteiger charge is -2.54. The fourth-order valence-electron chi connectivity index (χ4n) is 7.56. The van der Waals surface area contributed by atoms with Gasteiger partial charge in [-0.05, 0) is 74.8 Å². The maximum absolute atomic E-state index is 12.6. The zero-order chi connectivity index (χ0) is 19.4. The Labute approximate surface area is 193 Å². The molecule has 2 aliphatic heterocycles. The summed E-state index contributed by atoms with van der Waals surface area (Å²) in [6.07, 6.45) is 10.2. The molecule has 0 aromatic heterocycles. The van der Waals surface area contributed by atoms with Crippen LogP contribution in [0.15, 0.2) is 5.16 Å². The lowest BCUT2D eigenvalue weighted by atomic mass is 9.51. The van der Waals surface area contributed by atoms with Crippen molar-refractivity contribution in [2.45, 2.75) is 83.8 Å². The molecule has 0 radical (unpaired) electrons. The average Bonchev–Trinajstić information content (AvgIpc) is 3.27. The van der Waals surface area contributed by atoms with E-state index in [1.54, 1.807) is 0 Å². The van der Waals surface area contributed by atoms with E-state index in [-0.39, 0.29) is 36.3 Å². The first-order valence-electron chi connectivity index (χ1n) is 11.7. The smallest absolute Gasteiger partial charge is 0.141 e. The molecule has 5 fully saturated rings. The molecular weight excluding hydrogens is 421 g/mol. The molecule has 7 heteroatoms. The second kappa shape index (κ2) is 9.25. The third-order valence-electron chi connectivity index (χ3n) is 9.40. The highest BCUT2D eigenvalue weighted by atomic mass is 35.5. The van der Waals surface area contributed by atoms with Gasteiger partial charge in [0.05, 0.1) is 5.71 Å². The number of fused-ring (bicyclic) bond motifs is 5.